The number of carbonyl (C=O) groups is 2. The minimum Gasteiger partial charge on any atom is -0.326 e. The minimum atomic E-state index is -0.307. The van der Waals surface area contributed by atoms with Gasteiger partial charge in [-0.05, 0) is 36.8 Å². The van der Waals surface area contributed by atoms with Crippen molar-refractivity contribution < 1.29 is 9.59 Å². The molecule has 1 aliphatic carbocycles. The van der Waals surface area contributed by atoms with Crippen LogP contribution in [0.2, 0.25) is 5.02 Å². The van der Waals surface area contributed by atoms with Gasteiger partial charge >= 0.3 is 0 Å². The van der Waals surface area contributed by atoms with Gasteiger partial charge in [-0.2, -0.15) is 0 Å². The first kappa shape index (κ1) is 16.0. The molecule has 0 radical (unpaired) electrons. The van der Waals surface area contributed by atoms with Crippen LogP contribution in [0.25, 0.3) is 0 Å². The van der Waals surface area contributed by atoms with E-state index in [2.05, 4.69) is 26.6 Å². The number of amides is 2. The quantitative estimate of drug-likeness (QED) is 0.813. The number of nitrogens with one attached hydrogen (secondary N) is 2. The van der Waals surface area contributed by atoms with E-state index >= 15 is 0 Å². The lowest BCUT2D eigenvalue weighted by atomic mass is 10.2. The van der Waals surface area contributed by atoms with Crippen molar-refractivity contribution in [1.82, 2.24) is 0 Å². The third-order valence-corrected chi connectivity index (χ3v) is 4.51. The van der Waals surface area contributed by atoms with E-state index in [4.69, 9.17) is 11.6 Å². The summed E-state index contributed by atoms with van der Waals surface area (Å²) < 4.78 is 0.888. The number of halogens is 2. The molecule has 0 aromatic heterocycles. The average molecular weight is 394 g/mol. The molecule has 2 atom stereocenters. The van der Waals surface area contributed by atoms with Crippen molar-refractivity contribution in [1.29, 1.82) is 0 Å². The maximum atomic E-state index is 12.2. The fourth-order valence-electron chi connectivity index (χ4n) is 2.36. The smallest absolute Gasteiger partial charge is 0.228 e. The molecule has 2 aromatic carbocycles. The molecule has 1 aliphatic rings. The standard InChI is InChI=1S/C17H14BrClN2O2/c18-10-4-3-5-11(8-10)20-16(22)12-9-13(12)17(23)21-15-7-2-1-6-14(15)19/h1-8,12-13H,9H2,(H,20,22)(H,21,23). The van der Waals surface area contributed by atoms with Gasteiger partial charge in [0.1, 0.15) is 0 Å². The Balaban J connectivity index is 1.57. The Hall–Kier alpha value is -1.85. The van der Waals surface area contributed by atoms with Crippen LogP contribution in [-0.2, 0) is 9.59 Å². The molecule has 3 rings (SSSR count). The van der Waals surface area contributed by atoms with Gasteiger partial charge in [0.25, 0.3) is 0 Å². The summed E-state index contributed by atoms with van der Waals surface area (Å²) in [5, 5.41) is 6.08. The van der Waals surface area contributed by atoms with Crippen molar-refractivity contribution in [3.05, 3.63) is 58.0 Å². The van der Waals surface area contributed by atoms with Crippen LogP contribution in [0.1, 0.15) is 6.42 Å². The maximum absolute atomic E-state index is 12.2. The summed E-state index contributed by atoms with van der Waals surface area (Å²) in [5.74, 6) is -0.912. The molecule has 4 nitrogen and oxygen atoms in total. The minimum absolute atomic E-state index is 0.137. The highest BCUT2D eigenvalue weighted by molar-refractivity contribution is 9.10. The predicted molar refractivity (Wildman–Crippen MR) is 94.5 cm³/mol. The Morgan fingerprint density at radius 1 is 1.00 bits per heavy atom. The largest absolute Gasteiger partial charge is 0.326 e. The molecule has 2 amide bonds. The molecule has 1 saturated carbocycles. The van der Waals surface area contributed by atoms with Gasteiger partial charge in [0.05, 0.1) is 22.5 Å². The zero-order chi connectivity index (χ0) is 16.4. The summed E-state index contributed by atoms with van der Waals surface area (Å²) >= 11 is 9.37. The second-order valence-electron chi connectivity index (χ2n) is 5.42. The predicted octanol–water partition coefficient (Wildman–Crippen LogP) is 4.32. The fourth-order valence-corrected chi connectivity index (χ4v) is 2.95. The Labute approximate surface area is 147 Å². The molecular formula is C17H14BrClN2O2. The van der Waals surface area contributed by atoms with Crippen molar-refractivity contribution in [2.24, 2.45) is 11.8 Å². The topological polar surface area (TPSA) is 58.2 Å². The third kappa shape index (κ3) is 3.92. The van der Waals surface area contributed by atoms with Gasteiger partial charge in [0, 0.05) is 10.2 Å². The number of benzene rings is 2. The van der Waals surface area contributed by atoms with Crippen LogP contribution in [0.3, 0.4) is 0 Å². The molecule has 0 aliphatic heterocycles. The molecular weight excluding hydrogens is 380 g/mol. The molecule has 2 unspecified atom stereocenters. The van der Waals surface area contributed by atoms with Crippen LogP contribution in [0.5, 0.6) is 0 Å². The van der Waals surface area contributed by atoms with E-state index in [0.717, 1.165) is 4.47 Å². The highest BCUT2D eigenvalue weighted by Crippen LogP contribution is 2.40. The molecule has 0 bridgehead atoms. The lowest BCUT2D eigenvalue weighted by molar-refractivity contribution is -0.122. The van der Waals surface area contributed by atoms with E-state index in [-0.39, 0.29) is 23.7 Å². The summed E-state index contributed by atoms with van der Waals surface area (Å²) in [6.07, 6.45) is 0.552. The van der Waals surface area contributed by atoms with E-state index in [1.54, 1.807) is 24.3 Å². The Kier molecular flexibility index (Phi) is 4.68. The van der Waals surface area contributed by atoms with Gasteiger partial charge in [-0.3, -0.25) is 9.59 Å². The van der Waals surface area contributed by atoms with Crippen LogP contribution in [-0.4, -0.2) is 11.8 Å². The van der Waals surface area contributed by atoms with Crippen molar-refractivity contribution in [3.63, 3.8) is 0 Å². The molecule has 2 N–H and O–H groups in total. The zero-order valence-corrected chi connectivity index (χ0v) is 14.4. The molecule has 1 fully saturated rings. The van der Waals surface area contributed by atoms with Gasteiger partial charge < -0.3 is 10.6 Å². The number of hydrogen-bond donors (Lipinski definition) is 2. The summed E-state index contributed by atoms with van der Waals surface area (Å²) in [7, 11) is 0. The van der Waals surface area contributed by atoms with Crippen LogP contribution >= 0.6 is 27.5 Å². The van der Waals surface area contributed by atoms with Crippen molar-refractivity contribution >= 4 is 50.7 Å². The number of para-hydroxylation sites is 1. The van der Waals surface area contributed by atoms with Crippen molar-refractivity contribution in [2.45, 2.75) is 6.42 Å². The molecule has 118 valence electrons. The molecule has 0 spiro atoms. The first-order valence-corrected chi connectivity index (χ1v) is 8.33. The Bertz CT molecular complexity index is 766. The van der Waals surface area contributed by atoms with Crippen LogP contribution in [0.15, 0.2) is 53.0 Å². The normalized spacial score (nSPS) is 19.0. The zero-order valence-electron chi connectivity index (χ0n) is 12.1. The first-order chi connectivity index (χ1) is 11.0. The van der Waals surface area contributed by atoms with Crippen molar-refractivity contribution in [2.75, 3.05) is 10.6 Å². The summed E-state index contributed by atoms with van der Waals surface area (Å²) in [5.41, 5.74) is 1.28. The van der Waals surface area contributed by atoms with E-state index in [1.807, 2.05) is 24.3 Å². The highest BCUT2D eigenvalue weighted by atomic mass is 79.9. The second kappa shape index (κ2) is 6.72. The van der Waals surface area contributed by atoms with Crippen molar-refractivity contribution in [3.8, 4) is 0 Å². The lowest BCUT2D eigenvalue weighted by Crippen LogP contribution is -2.20. The number of carbonyl (C=O) groups excluding carboxylic acids is 2. The average Bonchev–Trinajstić information content (AvgIpc) is 3.30. The monoisotopic (exact) mass is 392 g/mol. The van der Waals surface area contributed by atoms with Crippen LogP contribution < -0.4 is 10.6 Å². The number of rotatable bonds is 4. The summed E-state index contributed by atoms with van der Waals surface area (Å²) in [6, 6.07) is 14.4. The van der Waals surface area contributed by atoms with Gasteiger partial charge in [-0.15, -0.1) is 0 Å². The molecule has 23 heavy (non-hydrogen) atoms. The molecule has 0 saturated heterocycles. The molecule has 6 heteroatoms. The van der Waals surface area contributed by atoms with E-state index in [9.17, 15) is 9.59 Å². The SMILES string of the molecule is O=C(Nc1cccc(Br)c1)C1CC1C(=O)Nc1ccccc1Cl. The summed E-state index contributed by atoms with van der Waals surface area (Å²) in [6.45, 7) is 0. The molecule has 2 aromatic rings. The van der Waals surface area contributed by atoms with Gasteiger partial charge in [-0.25, -0.2) is 0 Å². The van der Waals surface area contributed by atoms with Gasteiger partial charge in [0.2, 0.25) is 11.8 Å². The fraction of sp³-hybridized carbons (Fsp3) is 0.176. The molecule has 0 heterocycles. The second-order valence-corrected chi connectivity index (χ2v) is 6.74. The van der Waals surface area contributed by atoms with Crippen LogP contribution in [0, 0.1) is 11.8 Å². The lowest BCUT2D eigenvalue weighted by Gasteiger charge is -2.07. The van der Waals surface area contributed by atoms with E-state index in [1.165, 1.54) is 0 Å². The third-order valence-electron chi connectivity index (χ3n) is 3.69. The van der Waals surface area contributed by atoms with Crippen LogP contribution in [0.4, 0.5) is 11.4 Å². The van der Waals surface area contributed by atoms with Gasteiger partial charge in [-0.1, -0.05) is 45.7 Å². The summed E-state index contributed by atoms with van der Waals surface area (Å²) in [4.78, 5) is 24.4. The maximum Gasteiger partial charge on any atom is 0.228 e. The van der Waals surface area contributed by atoms with E-state index < -0.39 is 0 Å². The Morgan fingerprint density at radius 3 is 2.39 bits per heavy atom. The number of anilines is 2. The Morgan fingerprint density at radius 2 is 1.70 bits per heavy atom. The highest BCUT2D eigenvalue weighted by Gasteiger charge is 2.48. The van der Waals surface area contributed by atoms with E-state index in [0.29, 0.717) is 22.8 Å². The van der Waals surface area contributed by atoms with Gasteiger partial charge in [0.15, 0.2) is 0 Å². The first-order valence-electron chi connectivity index (χ1n) is 7.16. The number of hydrogen-bond acceptors (Lipinski definition) is 2.